The molecule has 2 fully saturated rings. The number of hydrogen-bond acceptors (Lipinski definition) is 4. The average Bonchev–Trinajstić information content (AvgIpc) is 2.73. The van der Waals surface area contributed by atoms with Crippen molar-refractivity contribution < 1.29 is 19.4 Å². The number of hydrogen-bond donors (Lipinski definition) is 1. The molecule has 1 saturated carbocycles. The Morgan fingerprint density at radius 3 is 2.79 bits per heavy atom. The molecule has 2 rings (SSSR count). The molecule has 1 unspecified atom stereocenters. The molecule has 1 N–H and O–H groups in total. The van der Waals surface area contributed by atoms with E-state index < -0.39 is 12.1 Å². The summed E-state index contributed by atoms with van der Waals surface area (Å²) in [5.41, 5.74) is -0.356. The van der Waals surface area contributed by atoms with Crippen LogP contribution in [0.4, 0.5) is 4.79 Å². The van der Waals surface area contributed by atoms with Gasteiger partial charge in [0.1, 0.15) is 6.61 Å². The summed E-state index contributed by atoms with van der Waals surface area (Å²) in [4.78, 5) is 24.1. The van der Waals surface area contributed by atoms with Gasteiger partial charge in [0.15, 0.2) is 0 Å². The monoisotopic (exact) mass is 264 g/mol. The molecule has 0 radical (unpaired) electrons. The van der Waals surface area contributed by atoms with Crippen molar-refractivity contribution in [3.8, 4) is 6.07 Å². The fraction of sp³-hybridized carbons (Fsp3) is 0.615. The van der Waals surface area contributed by atoms with Crippen molar-refractivity contribution in [1.82, 2.24) is 4.90 Å². The topological polar surface area (TPSA) is 90.6 Å². The Bertz CT molecular complexity index is 448. The van der Waals surface area contributed by atoms with Gasteiger partial charge in [-0.2, -0.15) is 5.26 Å². The van der Waals surface area contributed by atoms with Crippen molar-refractivity contribution in [2.24, 2.45) is 17.3 Å². The molecule has 0 bridgehead atoms. The Morgan fingerprint density at radius 2 is 2.26 bits per heavy atom. The number of carboxylic acids is 1. The van der Waals surface area contributed by atoms with Gasteiger partial charge in [-0.15, -0.1) is 0 Å². The average molecular weight is 264 g/mol. The highest BCUT2D eigenvalue weighted by molar-refractivity contribution is 5.72. The summed E-state index contributed by atoms with van der Waals surface area (Å²) < 4.78 is 4.95. The Balaban J connectivity index is 2.00. The highest BCUT2D eigenvalue weighted by Gasteiger charge is 2.57. The van der Waals surface area contributed by atoms with Crippen LogP contribution in [0.2, 0.25) is 0 Å². The van der Waals surface area contributed by atoms with Gasteiger partial charge >= 0.3 is 12.1 Å². The Labute approximate surface area is 111 Å². The zero-order chi connectivity index (χ0) is 14.0. The van der Waals surface area contributed by atoms with Crippen LogP contribution in [0.3, 0.4) is 0 Å². The first-order valence-corrected chi connectivity index (χ1v) is 6.17. The number of nitrogens with zero attached hydrogens (tertiary/aromatic N) is 2. The normalized spacial score (nSPS) is 32.5. The van der Waals surface area contributed by atoms with Crippen molar-refractivity contribution in [3.05, 3.63) is 12.7 Å². The van der Waals surface area contributed by atoms with E-state index in [4.69, 9.17) is 9.84 Å². The Morgan fingerprint density at radius 1 is 1.58 bits per heavy atom. The molecule has 19 heavy (non-hydrogen) atoms. The van der Waals surface area contributed by atoms with Crippen LogP contribution in [0, 0.1) is 28.6 Å². The van der Waals surface area contributed by atoms with Gasteiger partial charge in [0, 0.05) is 18.5 Å². The number of aliphatic carboxylic acids is 1. The van der Waals surface area contributed by atoms with E-state index in [2.05, 4.69) is 12.6 Å². The predicted molar refractivity (Wildman–Crippen MR) is 65.0 cm³/mol. The van der Waals surface area contributed by atoms with Crippen LogP contribution in [-0.4, -0.2) is 41.8 Å². The van der Waals surface area contributed by atoms with E-state index in [-0.39, 0.29) is 23.9 Å². The second kappa shape index (κ2) is 4.92. The maximum absolute atomic E-state index is 11.7. The van der Waals surface area contributed by atoms with Crippen LogP contribution in [0.25, 0.3) is 0 Å². The van der Waals surface area contributed by atoms with Crippen molar-refractivity contribution in [2.45, 2.75) is 12.8 Å². The molecule has 0 aromatic heterocycles. The van der Waals surface area contributed by atoms with Crippen LogP contribution in [0.1, 0.15) is 12.8 Å². The fourth-order valence-corrected chi connectivity index (χ4v) is 3.02. The van der Waals surface area contributed by atoms with Gasteiger partial charge in [-0.1, -0.05) is 12.7 Å². The van der Waals surface area contributed by atoms with E-state index in [1.165, 1.54) is 11.0 Å². The lowest BCUT2D eigenvalue weighted by atomic mass is 9.57. The Hall–Kier alpha value is -2.03. The van der Waals surface area contributed by atoms with Gasteiger partial charge in [-0.05, 0) is 12.8 Å². The van der Waals surface area contributed by atoms with Gasteiger partial charge in [-0.25, -0.2) is 4.79 Å². The number of likely N-dealkylation sites (tertiary alicyclic amines) is 1. The minimum absolute atomic E-state index is 0.136. The molecular formula is C13H16N2O4. The standard InChI is InChI=1S/C13H16N2O4/c1-2-3-19-12(18)15-7-10(6-14)13(8-15)4-9(5-13)11(16)17/h2,9-10H,1,3-5,7-8H2,(H,16,17). The first kappa shape index (κ1) is 13.4. The number of carbonyl (C=O) groups excluding carboxylic acids is 1. The van der Waals surface area contributed by atoms with Crippen LogP contribution in [0.15, 0.2) is 12.7 Å². The molecule has 1 aliphatic heterocycles. The van der Waals surface area contributed by atoms with Gasteiger partial charge in [0.2, 0.25) is 0 Å². The minimum Gasteiger partial charge on any atom is -0.481 e. The Kier molecular flexibility index (Phi) is 3.47. The van der Waals surface area contributed by atoms with Crippen LogP contribution >= 0.6 is 0 Å². The highest BCUT2D eigenvalue weighted by atomic mass is 16.6. The lowest BCUT2D eigenvalue weighted by Crippen LogP contribution is -2.46. The third-order valence-corrected chi connectivity index (χ3v) is 4.04. The van der Waals surface area contributed by atoms with E-state index in [0.29, 0.717) is 25.9 Å². The van der Waals surface area contributed by atoms with Gasteiger partial charge in [-0.3, -0.25) is 4.79 Å². The number of amides is 1. The minimum atomic E-state index is -0.824. The number of carboxylic acid groups (broad SMARTS) is 1. The van der Waals surface area contributed by atoms with Crippen LogP contribution < -0.4 is 0 Å². The lowest BCUT2D eigenvalue weighted by molar-refractivity contribution is -0.150. The smallest absolute Gasteiger partial charge is 0.410 e. The molecule has 102 valence electrons. The number of ether oxygens (including phenoxy) is 1. The molecule has 1 saturated heterocycles. The SMILES string of the molecule is C=CCOC(=O)N1CC(C#N)C2(CC(C(=O)O)C2)C1. The molecule has 1 aliphatic carbocycles. The predicted octanol–water partition coefficient (Wildman–Crippen LogP) is 1.25. The molecule has 6 nitrogen and oxygen atoms in total. The van der Waals surface area contributed by atoms with Gasteiger partial charge in [0.25, 0.3) is 0 Å². The van der Waals surface area contributed by atoms with E-state index in [1.807, 2.05) is 0 Å². The van der Waals surface area contributed by atoms with Crippen molar-refractivity contribution in [2.75, 3.05) is 19.7 Å². The first-order valence-electron chi connectivity index (χ1n) is 6.17. The third-order valence-electron chi connectivity index (χ3n) is 4.04. The van der Waals surface area contributed by atoms with Gasteiger partial charge < -0.3 is 14.7 Å². The largest absolute Gasteiger partial charge is 0.481 e. The zero-order valence-electron chi connectivity index (χ0n) is 10.5. The zero-order valence-corrected chi connectivity index (χ0v) is 10.5. The fourth-order valence-electron chi connectivity index (χ4n) is 3.02. The summed E-state index contributed by atoms with van der Waals surface area (Å²) in [6, 6.07) is 2.19. The molecule has 2 aliphatic rings. The second-order valence-corrected chi connectivity index (χ2v) is 5.23. The number of carbonyl (C=O) groups is 2. The first-order chi connectivity index (χ1) is 9.02. The maximum atomic E-state index is 11.7. The quantitative estimate of drug-likeness (QED) is 0.774. The highest BCUT2D eigenvalue weighted by Crippen LogP contribution is 2.54. The number of rotatable bonds is 3. The second-order valence-electron chi connectivity index (χ2n) is 5.23. The summed E-state index contributed by atoms with van der Waals surface area (Å²) in [7, 11) is 0. The lowest BCUT2D eigenvalue weighted by Gasteiger charge is -2.44. The summed E-state index contributed by atoms with van der Waals surface area (Å²) in [6.07, 6.45) is 1.95. The molecular weight excluding hydrogens is 248 g/mol. The summed E-state index contributed by atoms with van der Waals surface area (Å²) >= 11 is 0. The van der Waals surface area contributed by atoms with Crippen molar-refractivity contribution in [1.29, 1.82) is 5.26 Å². The van der Waals surface area contributed by atoms with E-state index >= 15 is 0 Å². The molecule has 6 heteroatoms. The summed E-state index contributed by atoms with van der Waals surface area (Å²) in [6.45, 7) is 4.32. The molecule has 0 aromatic rings. The third kappa shape index (κ3) is 2.28. The van der Waals surface area contributed by atoms with Crippen molar-refractivity contribution >= 4 is 12.1 Å². The van der Waals surface area contributed by atoms with E-state index in [0.717, 1.165) is 0 Å². The molecule has 1 spiro atoms. The van der Waals surface area contributed by atoms with Crippen LogP contribution in [0.5, 0.6) is 0 Å². The van der Waals surface area contributed by atoms with Crippen molar-refractivity contribution in [3.63, 3.8) is 0 Å². The summed E-state index contributed by atoms with van der Waals surface area (Å²) in [5, 5.41) is 18.1. The van der Waals surface area contributed by atoms with E-state index in [1.54, 1.807) is 0 Å². The van der Waals surface area contributed by atoms with Gasteiger partial charge in [0.05, 0.1) is 17.9 Å². The molecule has 1 amide bonds. The van der Waals surface area contributed by atoms with E-state index in [9.17, 15) is 14.9 Å². The summed E-state index contributed by atoms with van der Waals surface area (Å²) in [5.74, 6) is -1.52. The molecule has 0 aromatic carbocycles. The number of nitriles is 1. The molecule has 1 atom stereocenters. The van der Waals surface area contributed by atoms with Crippen LogP contribution in [-0.2, 0) is 9.53 Å². The molecule has 1 heterocycles. The maximum Gasteiger partial charge on any atom is 0.410 e.